The maximum Gasteiger partial charge on any atom is 0.257 e. The van der Waals surface area contributed by atoms with Crippen molar-refractivity contribution in [3.05, 3.63) is 71.4 Å². The van der Waals surface area contributed by atoms with Crippen LogP contribution in [0.1, 0.15) is 17.0 Å². The van der Waals surface area contributed by atoms with Gasteiger partial charge in [-0.25, -0.2) is 4.39 Å². The molecule has 3 rings (SSSR count). The molecule has 116 valence electrons. The van der Waals surface area contributed by atoms with Gasteiger partial charge in [-0.15, -0.1) is 10.2 Å². The molecule has 0 radical (unpaired) electrons. The Morgan fingerprint density at radius 1 is 1.13 bits per heavy atom. The molecule has 0 aliphatic heterocycles. The van der Waals surface area contributed by atoms with Gasteiger partial charge in [0.2, 0.25) is 5.89 Å². The minimum Gasteiger partial charge on any atom is -0.417 e. The van der Waals surface area contributed by atoms with Crippen LogP contribution in [0.25, 0.3) is 11.5 Å². The van der Waals surface area contributed by atoms with Crippen molar-refractivity contribution in [2.75, 3.05) is 0 Å². The standard InChI is InChI=1S/C17H14FN3O2/c1-12-4-2-3-5-14(12)10-19-22-11-16-20-21-17(23-16)13-6-8-15(18)9-7-13/h2-10H,11H2,1H3/b19-10-. The van der Waals surface area contributed by atoms with E-state index in [-0.39, 0.29) is 12.4 Å². The zero-order valence-electron chi connectivity index (χ0n) is 12.4. The Balaban J connectivity index is 1.59. The lowest BCUT2D eigenvalue weighted by atomic mass is 10.1. The highest BCUT2D eigenvalue weighted by Crippen LogP contribution is 2.18. The Hall–Kier alpha value is -3.02. The highest BCUT2D eigenvalue weighted by Gasteiger charge is 2.08. The molecule has 2 aromatic carbocycles. The van der Waals surface area contributed by atoms with Gasteiger partial charge in [0.05, 0.1) is 6.21 Å². The fourth-order valence-electron chi connectivity index (χ4n) is 1.94. The van der Waals surface area contributed by atoms with Crippen LogP contribution >= 0.6 is 0 Å². The molecule has 23 heavy (non-hydrogen) atoms. The number of rotatable bonds is 5. The molecule has 0 amide bonds. The van der Waals surface area contributed by atoms with Crippen LogP contribution in [-0.4, -0.2) is 16.4 Å². The molecule has 6 heteroatoms. The quantitative estimate of drug-likeness (QED) is 0.532. The summed E-state index contributed by atoms with van der Waals surface area (Å²) in [7, 11) is 0. The largest absolute Gasteiger partial charge is 0.417 e. The van der Waals surface area contributed by atoms with Crippen molar-refractivity contribution in [2.24, 2.45) is 5.16 Å². The van der Waals surface area contributed by atoms with E-state index in [2.05, 4.69) is 15.4 Å². The minimum absolute atomic E-state index is 0.0660. The molecule has 3 aromatic rings. The van der Waals surface area contributed by atoms with Gasteiger partial charge >= 0.3 is 0 Å². The van der Waals surface area contributed by atoms with E-state index in [4.69, 9.17) is 9.25 Å². The highest BCUT2D eigenvalue weighted by atomic mass is 19.1. The first-order chi connectivity index (χ1) is 11.2. The number of hydrogen-bond donors (Lipinski definition) is 0. The summed E-state index contributed by atoms with van der Waals surface area (Å²) in [6.07, 6.45) is 1.63. The molecule has 0 atom stereocenters. The van der Waals surface area contributed by atoms with Gasteiger partial charge in [0, 0.05) is 5.56 Å². The molecule has 0 aliphatic carbocycles. The fraction of sp³-hybridized carbons (Fsp3) is 0.118. The van der Waals surface area contributed by atoms with E-state index >= 15 is 0 Å². The Bertz CT molecular complexity index is 813. The van der Waals surface area contributed by atoms with E-state index in [1.165, 1.54) is 12.1 Å². The fourth-order valence-corrected chi connectivity index (χ4v) is 1.94. The third-order valence-corrected chi connectivity index (χ3v) is 3.20. The van der Waals surface area contributed by atoms with Gasteiger partial charge in [-0.1, -0.05) is 29.4 Å². The van der Waals surface area contributed by atoms with Crippen LogP contribution in [0, 0.1) is 12.7 Å². The summed E-state index contributed by atoms with van der Waals surface area (Å²) in [6, 6.07) is 13.7. The zero-order chi connectivity index (χ0) is 16.1. The lowest BCUT2D eigenvalue weighted by Gasteiger charge is -1.98. The zero-order valence-corrected chi connectivity index (χ0v) is 12.4. The van der Waals surface area contributed by atoms with Gasteiger partial charge in [-0.2, -0.15) is 0 Å². The van der Waals surface area contributed by atoms with Gasteiger partial charge in [-0.3, -0.25) is 0 Å². The van der Waals surface area contributed by atoms with Crippen LogP contribution in [0.3, 0.4) is 0 Å². The molecule has 0 spiro atoms. The third kappa shape index (κ3) is 3.79. The first-order valence-corrected chi connectivity index (χ1v) is 7.01. The van der Waals surface area contributed by atoms with E-state index in [1.807, 2.05) is 31.2 Å². The Kier molecular flexibility index (Phi) is 4.42. The van der Waals surface area contributed by atoms with Crippen LogP contribution in [0.2, 0.25) is 0 Å². The SMILES string of the molecule is Cc1ccccc1/C=N\OCc1nnc(-c2ccc(F)cc2)o1. The highest BCUT2D eigenvalue weighted by molar-refractivity contribution is 5.81. The van der Waals surface area contributed by atoms with Crippen molar-refractivity contribution >= 4 is 6.21 Å². The van der Waals surface area contributed by atoms with Crippen LogP contribution < -0.4 is 0 Å². The summed E-state index contributed by atoms with van der Waals surface area (Å²) >= 11 is 0. The van der Waals surface area contributed by atoms with E-state index in [1.54, 1.807) is 18.3 Å². The maximum atomic E-state index is 12.9. The number of oxime groups is 1. The molecule has 0 bridgehead atoms. The van der Waals surface area contributed by atoms with Crippen molar-refractivity contribution in [3.8, 4) is 11.5 Å². The normalized spacial score (nSPS) is 11.0. The number of aromatic nitrogens is 2. The summed E-state index contributed by atoms with van der Waals surface area (Å²) in [4.78, 5) is 5.16. The minimum atomic E-state index is -0.317. The second kappa shape index (κ2) is 6.83. The van der Waals surface area contributed by atoms with Crippen LogP contribution in [0.4, 0.5) is 4.39 Å². The Morgan fingerprint density at radius 2 is 1.91 bits per heavy atom. The van der Waals surface area contributed by atoms with E-state index in [0.29, 0.717) is 17.3 Å². The monoisotopic (exact) mass is 311 g/mol. The van der Waals surface area contributed by atoms with Crippen molar-refractivity contribution in [3.63, 3.8) is 0 Å². The summed E-state index contributed by atoms with van der Waals surface area (Å²) in [6.45, 7) is 2.06. The average Bonchev–Trinajstić information content (AvgIpc) is 3.03. The number of hydrogen-bond acceptors (Lipinski definition) is 5. The number of nitrogens with zero attached hydrogens (tertiary/aromatic N) is 3. The van der Waals surface area contributed by atoms with Gasteiger partial charge in [0.25, 0.3) is 5.89 Å². The van der Waals surface area contributed by atoms with Crippen molar-refractivity contribution < 1.29 is 13.6 Å². The third-order valence-electron chi connectivity index (χ3n) is 3.20. The van der Waals surface area contributed by atoms with E-state index < -0.39 is 0 Å². The molecule has 0 saturated carbocycles. The molecule has 0 unspecified atom stereocenters. The lowest BCUT2D eigenvalue weighted by molar-refractivity contribution is 0.112. The van der Waals surface area contributed by atoms with Crippen LogP contribution in [0.5, 0.6) is 0 Å². The number of aryl methyl sites for hydroxylation is 1. The van der Waals surface area contributed by atoms with Gasteiger partial charge in [0.1, 0.15) is 5.82 Å². The number of halogens is 1. The number of benzene rings is 2. The topological polar surface area (TPSA) is 60.5 Å². The Morgan fingerprint density at radius 3 is 2.70 bits per heavy atom. The first kappa shape index (κ1) is 14.9. The van der Waals surface area contributed by atoms with Gasteiger partial charge in [0.15, 0.2) is 6.61 Å². The van der Waals surface area contributed by atoms with Crippen LogP contribution in [0.15, 0.2) is 58.1 Å². The first-order valence-electron chi connectivity index (χ1n) is 7.01. The van der Waals surface area contributed by atoms with Crippen molar-refractivity contribution in [1.29, 1.82) is 0 Å². The Labute approximate surface area is 132 Å². The maximum absolute atomic E-state index is 12.9. The molecular weight excluding hydrogens is 297 g/mol. The predicted molar refractivity (Wildman–Crippen MR) is 83.3 cm³/mol. The molecular formula is C17H14FN3O2. The van der Waals surface area contributed by atoms with E-state index in [9.17, 15) is 4.39 Å². The van der Waals surface area contributed by atoms with Gasteiger partial charge < -0.3 is 9.25 Å². The molecule has 0 fully saturated rings. The summed E-state index contributed by atoms with van der Waals surface area (Å²) in [5, 5.41) is 11.7. The molecule has 1 heterocycles. The molecule has 0 saturated heterocycles. The van der Waals surface area contributed by atoms with Crippen LogP contribution in [-0.2, 0) is 11.4 Å². The second-order valence-corrected chi connectivity index (χ2v) is 4.87. The summed E-state index contributed by atoms with van der Waals surface area (Å²) < 4.78 is 18.3. The van der Waals surface area contributed by atoms with E-state index in [0.717, 1.165) is 11.1 Å². The molecule has 0 N–H and O–H groups in total. The summed E-state index contributed by atoms with van der Waals surface area (Å²) in [5.74, 6) is 0.292. The second-order valence-electron chi connectivity index (χ2n) is 4.87. The smallest absolute Gasteiger partial charge is 0.257 e. The average molecular weight is 311 g/mol. The molecule has 1 aromatic heterocycles. The van der Waals surface area contributed by atoms with Crippen molar-refractivity contribution in [2.45, 2.75) is 13.5 Å². The molecule has 5 nitrogen and oxygen atoms in total. The predicted octanol–water partition coefficient (Wildman–Crippen LogP) is 3.73. The van der Waals surface area contributed by atoms with Gasteiger partial charge in [-0.05, 0) is 42.3 Å². The van der Waals surface area contributed by atoms with Crippen molar-refractivity contribution in [1.82, 2.24) is 10.2 Å². The lowest BCUT2D eigenvalue weighted by Crippen LogP contribution is -1.90. The molecule has 0 aliphatic rings. The summed E-state index contributed by atoms with van der Waals surface area (Å²) in [5.41, 5.74) is 2.73.